The first-order valence-corrected chi connectivity index (χ1v) is 6.53. The van der Waals surface area contributed by atoms with E-state index in [-0.39, 0.29) is 11.9 Å². The lowest BCUT2D eigenvalue weighted by Crippen LogP contribution is -2.39. The van der Waals surface area contributed by atoms with Crippen LogP contribution in [0.25, 0.3) is 0 Å². The Kier molecular flexibility index (Phi) is 8.17. The predicted octanol–water partition coefficient (Wildman–Crippen LogP) is 1.84. The van der Waals surface area contributed by atoms with Gasteiger partial charge >= 0.3 is 5.97 Å². The molecule has 102 valence electrons. The van der Waals surface area contributed by atoms with E-state index < -0.39 is 6.04 Å². The first kappa shape index (κ1) is 16.4. The van der Waals surface area contributed by atoms with Crippen molar-refractivity contribution in [2.75, 3.05) is 19.8 Å². The maximum atomic E-state index is 11.6. The molecular weight excluding hydrogens is 216 g/mol. The standard InChI is InChI=1S/C13H28N2O2/c1-6-15(8-7-10(2)3)9-17-13(16)12(14)11(4)5/h10-12H,6-9,14H2,1-5H3. The Hall–Kier alpha value is -0.610. The van der Waals surface area contributed by atoms with Gasteiger partial charge in [0.15, 0.2) is 0 Å². The molecule has 0 aliphatic rings. The van der Waals surface area contributed by atoms with Crippen molar-refractivity contribution in [3.8, 4) is 0 Å². The molecule has 4 heteroatoms. The van der Waals surface area contributed by atoms with Gasteiger partial charge in [-0.1, -0.05) is 34.6 Å². The zero-order valence-corrected chi connectivity index (χ0v) is 11.9. The van der Waals surface area contributed by atoms with Crippen molar-refractivity contribution in [2.45, 2.75) is 47.1 Å². The summed E-state index contributed by atoms with van der Waals surface area (Å²) >= 11 is 0. The molecule has 0 aromatic rings. The molecular formula is C13H28N2O2. The highest BCUT2D eigenvalue weighted by Gasteiger charge is 2.19. The molecule has 4 nitrogen and oxygen atoms in total. The zero-order chi connectivity index (χ0) is 13.4. The van der Waals surface area contributed by atoms with Gasteiger partial charge < -0.3 is 10.5 Å². The maximum absolute atomic E-state index is 11.6. The van der Waals surface area contributed by atoms with Gasteiger partial charge in [0.2, 0.25) is 0 Å². The van der Waals surface area contributed by atoms with E-state index in [1.807, 2.05) is 13.8 Å². The molecule has 0 fully saturated rings. The summed E-state index contributed by atoms with van der Waals surface area (Å²) in [6, 6.07) is -0.515. The van der Waals surface area contributed by atoms with E-state index in [0.717, 1.165) is 19.5 Å². The number of nitrogens with two attached hydrogens (primary N) is 1. The van der Waals surface area contributed by atoms with Crippen molar-refractivity contribution in [1.82, 2.24) is 4.90 Å². The van der Waals surface area contributed by atoms with E-state index in [0.29, 0.717) is 12.6 Å². The van der Waals surface area contributed by atoms with Crippen LogP contribution in [0, 0.1) is 11.8 Å². The van der Waals surface area contributed by atoms with E-state index in [1.165, 1.54) is 0 Å². The Bertz CT molecular complexity index is 217. The fraction of sp³-hybridized carbons (Fsp3) is 0.923. The molecule has 0 saturated heterocycles. The molecule has 17 heavy (non-hydrogen) atoms. The third-order valence-electron chi connectivity index (χ3n) is 2.85. The summed E-state index contributed by atoms with van der Waals surface area (Å²) in [5.74, 6) is 0.480. The van der Waals surface area contributed by atoms with Crippen LogP contribution in [0.15, 0.2) is 0 Å². The average molecular weight is 244 g/mol. The number of carbonyl (C=O) groups is 1. The second-order valence-electron chi connectivity index (χ2n) is 5.26. The largest absolute Gasteiger partial charge is 0.448 e. The molecule has 0 aliphatic heterocycles. The molecule has 0 heterocycles. The summed E-state index contributed by atoms with van der Waals surface area (Å²) in [5, 5.41) is 0. The van der Waals surface area contributed by atoms with Crippen molar-refractivity contribution in [1.29, 1.82) is 0 Å². The average Bonchev–Trinajstić information content (AvgIpc) is 2.27. The highest BCUT2D eigenvalue weighted by Crippen LogP contribution is 2.04. The molecule has 1 atom stereocenters. The molecule has 0 rings (SSSR count). The molecule has 0 spiro atoms. The van der Waals surface area contributed by atoms with Crippen LogP contribution in [0.4, 0.5) is 0 Å². The molecule has 0 radical (unpaired) electrons. The van der Waals surface area contributed by atoms with Crippen molar-refractivity contribution in [2.24, 2.45) is 17.6 Å². The molecule has 0 aromatic carbocycles. The van der Waals surface area contributed by atoms with Crippen LogP contribution in [-0.2, 0) is 9.53 Å². The highest BCUT2D eigenvalue weighted by molar-refractivity contribution is 5.75. The lowest BCUT2D eigenvalue weighted by molar-refractivity contribution is -0.151. The second kappa shape index (κ2) is 8.48. The summed E-state index contributed by atoms with van der Waals surface area (Å²) in [4.78, 5) is 13.7. The van der Waals surface area contributed by atoms with E-state index in [2.05, 4.69) is 25.7 Å². The summed E-state index contributed by atoms with van der Waals surface area (Å²) in [7, 11) is 0. The normalized spacial score (nSPS) is 13.5. The minimum atomic E-state index is -0.515. The summed E-state index contributed by atoms with van der Waals surface area (Å²) in [6.45, 7) is 12.5. The van der Waals surface area contributed by atoms with Gasteiger partial charge in [-0.05, 0) is 24.8 Å². The number of rotatable bonds is 8. The van der Waals surface area contributed by atoms with Crippen LogP contribution in [0.1, 0.15) is 41.0 Å². The smallest absolute Gasteiger partial charge is 0.324 e. The van der Waals surface area contributed by atoms with Gasteiger partial charge in [0, 0.05) is 6.54 Å². The van der Waals surface area contributed by atoms with Crippen molar-refractivity contribution >= 4 is 5.97 Å². The van der Waals surface area contributed by atoms with Crippen LogP contribution in [0.3, 0.4) is 0 Å². The van der Waals surface area contributed by atoms with Crippen molar-refractivity contribution in [3.63, 3.8) is 0 Å². The molecule has 2 N–H and O–H groups in total. The Morgan fingerprint density at radius 1 is 1.29 bits per heavy atom. The molecule has 0 aromatic heterocycles. The predicted molar refractivity (Wildman–Crippen MR) is 70.5 cm³/mol. The van der Waals surface area contributed by atoms with Gasteiger partial charge in [-0.3, -0.25) is 9.69 Å². The maximum Gasteiger partial charge on any atom is 0.324 e. The van der Waals surface area contributed by atoms with Crippen LogP contribution < -0.4 is 5.73 Å². The minimum Gasteiger partial charge on any atom is -0.448 e. The molecule has 0 bridgehead atoms. The Balaban J connectivity index is 3.93. The molecule has 0 saturated carbocycles. The first-order valence-electron chi connectivity index (χ1n) is 6.53. The number of ether oxygens (including phenoxy) is 1. The molecule has 0 amide bonds. The monoisotopic (exact) mass is 244 g/mol. The number of carbonyl (C=O) groups excluding carboxylic acids is 1. The van der Waals surface area contributed by atoms with E-state index in [4.69, 9.17) is 10.5 Å². The highest BCUT2D eigenvalue weighted by atomic mass is 16.5. The van der Waals surface area contributed by atoms with Gasteiger partial charge in [0.05, 0.1) is 0 Å². The summed E-state index contributed by atoms with van der Waals surface area (Å²) < 4.78 is 5.21. The van der Waals surface area contributed by atoms with E-state index in [9.17, 15) is 4.79 Å². The SMILES string of the molecule is CCN(CCC(C)C)COC(=O)C(N)C(C)C. The van der Waals surface area contributed by atoms with Crippen LogP contribution >= 0.6 is 0 Å². The zero-order valence-electron chi connectivity index (χ0n) is 11.9. The van der Waals surface area contributed by atoms with E-state index in [1.54, 1.807) is 0 Å². The fourth-order valence-electron chi connectivity index (χ4n) is 1.28. The second-order valence-corrected chi connectivity index (χ2v) is 5.26. The van der Waals surface area contributed by atoms with Gasteiger partial charge in [-0.15, -0.1) is 0 Å². The van der Waals surface area contributed by atoms with E-state index >= 15 is 0 Å². The summed E-state index contributed by atoms with van der Waals surface area (Å²) in [5.41, 5.74) is 5.72. The van der Waals surface area contributed by atoms with Crippen molar-refractivity contribution < 1.29 is 9.53 Å². The Morgan fingerprint density at radius 2 is 1.88 bits per heavy atom. The van der Waals surface area contributed by atoms with Crippen LogP contribution in [0.5, 0.6) is 0 Å². The van der Waals surface area contributed by atoms with Crippen LogP contribution in [-0.4, -0.2) is 36.7 Å². The lowest BCUT2D eigenvalue weighted by Gasteiger charge is -2.22. The quantitative estimate of drug-likeness (QED) is 0.523. The molecule has 0 aliphatic carbocycles. The van der Waals surface area contributed by atoms with Gasteiger partial charge in [-0.25, -0.2) is 0 Å². The van der Waals surface area contributed by atoms with Gasteiger partial charge in [0.1, 0.15) is 12.8 Å². The van der Waals surface area contributed by atoms with Crippen molar-refractivity contribution in [3.05, 3.63) is 0 Å². The third kappa shape index (κ3) is 7.34. The minimum absolute atomic E-state index is 0.119. The van der Waals surface area contributed by atoms with Gasteiger partial charge in [-0.2, -0.15) is 0 Å². The number of nitrogens with zero attached hydrogens (tertiary/aromatic N) is 1. The number of esters is 1. The topological polar surface area (TPSA) is 55.6 Å². The third-order valence-corrected chi connectivity index (χ3v) is 2.85. The van der Waals surface area contributed by atoms with Crippen LogP contribution in [0.2, 0.25) is 0 Å². The molecule has 1 unspecified atom stereocenters. The Morgan fingerprint density at radius 3 is 2.29 bits per heavy atom. The van der Waals surface area contributed by atoms with Gasteiger partial charge in [0.25, 0.3) is 0 Å². The number of hydrogen-bond donors (Lipinski definition) is 1. The number of hydrogen-bond acceptors (Lipinski definition) is 4. The first-order chi connectivity index (χ1) is 7.88. The fourth-order valence-corrected chi connectivity index (χ4v) is 1.28. The summed E-state index contributed by atoms with van der Waals surface area (Å²) in [6.07, 6.45) is 1.11. The Labute approximate surface area is 105 Å². The lowest BCUT2D eigenvalue weighted by atomic mass is 10.1.